The fraction of sp³-hybridized carbons (Fsp3) is 0.333. The van der Waals surface area contributed by atoms with Crippen molar-refractivity contribution in [1.29, 1.82) is 0 Å². The Morgan fingerprint density at radius 3 is 2.62 bits per heavy atom. The molecule has 1 saturated heterocycles. The first kappa shape index (κ1) is 16.4. The van der Waals surface area contributed by atoms with E-state index in [-0.39, 0.29) is 28.7 Å². The van der Waals surface area contributed by atoms with Gasteiger partial charge in [-0.25, -0.2) is 9.59 Å². The minimum atomic E-state index is -1.17. The van der Waals surface area contributed by atoms with Crippen LogP contribution in [0, 0.1) is 0 Å². The third kappa shape index (κ3) is 3.42. The highest BCUT2D eigenvalue weighted by atomic mass is 79.9. The average Bonchev–Trinajstić information content (AvgIpc) is 2.82. The zero-order chi connectivity index (χ0) is 15.7. The van der Waals surface area contributed by atoms with E-state index in [9.17, 15) is 14.7 Å². The number of aliphatic hydroxyl groups excluding tert-OH is 1. The number of carboxylic acid groups (broad SMARTS) is 1. The Balaban J connectivity index is 2.18. The maximum absolute atomic E-state index is 12.2. The molecule has 2 rings (SSSR count). The van der Waals surface area contributed by atoms with Gasteiger partial charge >= 0.3 is 12.0 Å². The SMILES string of the molecule is O=C(O)C1CC(O)CN1C(=O)Nc1ccc(Br)c(Cl)c1Cl. The predicted molar refractivity (Wildman–Crippen MR) is 81.9 cm³/mol. The molecule has 3 N–H and O–H groups in total. The van der Waals surface area contributed by atoms with E-state index in [0.717, 1.165) is 4.90 Å². The molecule has 0 bridgehead atoms. The fourth-order valence-electron chi connectivity index (χ4n) is 2.08. The number of hydrogen-bond acceptors (Lipinski definition) is 3. The number of rotatable bonds is 2. The number of benzene rings is 1. The summed E-state index contributed by atoms with van der Waals surface area (Å²) in [4.78, 5) is 24.3. The molecule has 1 aliphatic rings. The van der Waals surface area contributed by atoms with Gasteiger partial charge in [0, 0.05) is 17.4 Å². The van der Waals surface area contributed by atoms with Crippen LogP contribution in [0.2, 0.25) is 10.0 Å². The molecule has 2 unspecified atom stereocenters. The monoisotopic (exact) mass is 396 g/mol. The molecule has 0 saturated carbocycles. The van der Waals surface area contributed by atoms with Crippen LogP contribution in [0.1, 0.15) is 6.42 Å². The lowest BCUT2D eigenvalue weighted by Crippen LogP contribution is -2.43. The van der Waals surface area contributed by atoms with Crippen molar-refractivity contribution in [2.24, 2.45) is 0 Å². The summed E-state index contributed by atoms with van der Waals surface area (Å²) < 4.78 is 0.576. The predicted octanol–water partition coefficient (Wildman–Crippen LogP) is 2.81. The number of β-amino-alcohol motifs (C(OH)–C–C–N with tert-alkyl or cyclic N) is 1. The van der Waals surface area contributed by atoms with Crippen LogP contribution in [-0.4, -0.2) is 45.8 Å². The molecule has 21 heavy (non-hydrogen) atoms. The van der Waals surface area contributed by atoms with Gasteiger partial charge in [-0.1, -0.05) is 23.2 Å². The van der Waals surface area contributed by atoms with Gasteiger partial charge in [0.1, 0.15) is 6.04 Å². The summed E-state index contributed by atoms with van der Waals surface area (Å²) in [5.74, 6) is -1.17. The molecule has 2 atom stereocenters. The van der Waals surface area contributed by atoms with E-state index in [2.05, 4.69) is 21.2 Å². The highest BCUT2D eigenvalue weighted by Gasteiger charge is 2.39. The number of aliphatic hydroxyl groups is 1. The quantitative estimate of drug-likeness (QED) is 0.669. The van der Waals surface area contributed by atoms with E-state index in [4.69, 9.17) is 28.3 Å². The Morgan fingerprint density at radius 2 is 2.00 bits per heavy atom. The Morgan fingerprint density at radius 1 is 1.33 bits per heavy atom. The van der Waals surface area contributed by atoms with Gasteiger partial charge in [-0.2, -0.15) is 0 Å². The number of nitrogens with one attached hydrogen (secondary N) is 1. The molecule has 1 aromatic rings. The molecule has 1 fully saturated rings. The summed E-state index contributed by atoms with van der Waals surface area (Å²) in [5, 5.41) is 21.5. The summed E-state index contributed by atoms with van der Waals surface area (Å²) >= 11 is 15.2. The van der Waals surface area contributed by atoms with E-state index in [1.165, 1.54) is 0 Å². The number of carboxylic acids is 1. The first-order chi connectivity index (χ1) is 9.81. The molecule has 1 heterocycles. The fourth-order valence-corrected chi connectivity index (χ4v) is 2.90. The number of carbonyl (C=O) groups excluding carboxylic acids is 1. The largest absolute Gasteiger partial charge is 0.480 e. The number of aliphatic carboxylic acids is 1. The van der Waals surface area contributed by atoms with Crippen LogP contribution < -0.4 is 5.32 Å². The van der Waals surface area contributed by atoms with Crippen LogP contribution in [0.5, 0.6) is 0 Å². The maximum atomic E-state index is 12.2. The third-order valence-corrected chi connectivity index (χ3v) is 4.87. The molecular weight excluding hydrogens is 387 g/mol. The molecule has 1 aliphatic heterocycles. The van der Waals surface area contributed by atoms with Crippen LogP contribution in [0.3, 0.4) is 0 Å². The number of hydrogen-bond donors (Lipinski definition) is 3. The first-order valence-electron chi connectivity index (χ1n) is 5.93. The average molecular weight is 398 g/mol. The second-order valence-electron chi connectivity index (χ2n) is 4.55. The first-order valence-corrected chi connectivity index (χ1v) is 7.48. The van der Waals surface area contributed by atoms with Gasteiger partial charge in [0.25, 0.3) is 0 Å². The third-order valence-electron chi connectivity index (χ3n) is 3.10. The Hall–Kier alpha value is -1.02. The minimum Gasteiger partial charge on any atom is -0.480 e. The van der Waals surface area contributed by atoms with Crippen molar-refractivity contribution in [1.82, 2.24) is 4.90 Å². The summed E-state index contributed by atoms with van der Waals surface area (Å²) in [7, 11) is 0. The molecule has 0 spiro atoms. The number of amides is 2. The van der Waals surface area contributed by atoms with Crippen molar-refractivity contribution in [3.8, 4) is 0 Å². The highest BCUT2D eigenvalue weighted by molar-refractivity contribution is 9.10. The van der Waals surface area contributed by atoms with Crippen molar-refractivity contribution < 1.29 is 19.8 Å². The molecule has 2 amide bonds. The topological polar surface area (TPSA) is 89.9 Å². The Bertz CT molecular complexity index is 599. The van der Waals surface area contributed by atoms with Crippen LogP contribution in [-0.2, 0) is 4.79 Å². The van der Waals surface area contributed by atoms with Gasteiger partial charge < -0.3 is 20.4 Å². The van der Waals surface area contributed by atoms with E-state index in [1.54, 1.807) is 12.1 Å². The van der Waals surface area contributed by atoms with Crippen molar-refractivity contribution in [3.05, 3.63) is 26.7 Å². The molecule has 0 aromatic heterocycles. The summed E-state index contributed by atoms with van der Waals surface area (Å²) in [6.45, 7) is -0.0509. The van der Waals surface area contributed by atoms with Crippen LogP contribution >= 0.6 is 39.1 Å². The summed E-state index contributed by atoms with van der Waals surface area (Å²) in [5.41, 5.74) is 0.264. The van der Waals surface area contributed by atoms with Gasteiger partial charge in [-0.3, -0.25) is 0 Å². The maximum Gasteiger partial charge on any atom is 0.326 e. The van der Waals surface area contributed by atoms with Crippen molar-refractivity contribution in [3.63, 3.8) is 0 Å². The normalized spacial score (nSPS) is 21.4. The van der Waals surface area contributed by atoms with Gasteiger partial charge in [0.15, 0.2) is 0 Å². The molecule has 1 aromatic carbocycles. The smallest absolute Gasteiger partial charge is 0.326 e. The van der Waals surface area contributed by atoms with Gasteiger partial charge in [-0.05, 0) is 28.1 Å². The Labute approximate surface area is 138 Å². The van der Waals surface area contributed by atoms with Crippen LogP contribution in [0.15, 0.2) is 16.6 Å². The molecule has 114 valence electrons. The van der Waals surface area contributed by atoms with E-state index < -0.39 is 24.1 Å². The standard InChI is InChI=1S/C12H11BrCl2N2O4/c13-6-1-2-7(10(15)9(6)14)16-12(21)17-4-5(18)3-8(17)11(19)20/h1-2,5,8,18H,3-4H2,(H,16,21)(H,19,20). The Kier molecular flexibility index (Phi) is 4.98. The zero-order valence-electron chi connectivity index (χ0n) is 10.5. The van der Waals surface area contributed by atoms with Gasteiger partial charge in [-0.15, -0.1) is 0 Å². The summed E-state index contributed by atoms with van der Waals surface area (Å²) in [6, 6.07) is 1.43. The number of likely N-dealkylation sites (tertiary alicyclic amines) is 1. The van der Waals surface area contributed by atoms with E-state index in [0.29, 0.717) is 4.47 Å². The molecular formula is C12H11BrCl2N2O4. The second kappa shape index (κ2) is 6.39. The van der Waals surface area contributed by atoms with Crippen molar-refractivity contribution >= 4 is 56.8 Å². The van der Waals surface area contributed by atoms with Crippen LogP contribution in [0.4, 0.5) is 10.5 Å². The number of halogens is 3. The number of urea groups is 1. The molecule has 0 aliphatic carbocycles. The molecule has 6 nitrogen and oxygen atoms in total. The van der Waals surface area contributed by atoms with Crippen molar-refractivity contribution in [2.75, 3.05) is 11.9 Å². The van der Waals surface area contributed by atoms with Gasteiger partial charge in [0.05, 0.1) is 21.8 Å². The lowest BCUT2D eigenvalue weighted by Gasteiger charge is -2.22. The second-order valence-corrected chi connectivity index (χ2v) is 6.16. The number of nitrogens with zero attached hydrogens (tertiary/aromatic N) is 1. The summed E-state index contributed by atoms with van der Waals surface area (Å²) in [6.07, 6.45) is -0.863. The lowest BCUT2D eigenvalue weighted by atomic mass is 10.2. The van der Waals surface area contributed by atoms with Crippen LogP contribution in [0.25, 0.3) is 0 Å². The van der Waals surface area contributed by atoms with E-state index >= 15 is 0 Å². The van der Waals surface area contributed by atoms with Gasteiger partial charge in [0.2, 0.25) is 0 Å². The molecule has 0 radical (unpaired) electrons. The highest BCUT2D eigenvalue weighted by Crippen LogP contribution is 2.36. The molecule has 9 heteroatoms. The van der Waals surface area contributed by atoms with E-state index in [1.807, 2.05) is 0 Å². The minimum absolute atomic E-state index is 0.00240. The van der Waals surface area contributed by atoms with Crippen molar-refractivity contribution in [2.45, 2.75) is 18.6 Å². The number of anilines is 1. The number of carbonyl (C=O) groups is 2. The lowest BCUT2D eigenvalue weighted by molar-refractivity contribution is -0.141. The zero-order valence-corrected chi connectivity index (χ0v) is 13.6.